The first kappa shape index (κ1) is 31.1. The van der Waals surface area contributed by atoms with Crippen LogP contribution in [0, 0.1) is 0 Å². The number of sulfonamides is 1. The van der Waals surface area contributed by atoms with Crippen molar-refractivity contribution in [2.75, 3.05) is 19.6 Å². The van der Waals surface area contributed by atoms with E-state index in [0.717, 1.165) is 27.3 Å². The van der Waals surface area contributed by atoms with Gasteiger partial charge in [-0.15, -0.1) is 0 Å². The van der Waals surface area contributed by atoms with Gasteiger partial charge in [-0.2, -0.15) is 4.31 Å². The highest BCUT2D eigenvalue weighted by Gasteiger charge is 2.34. The molecule has 0 aliphatic carbocycles. The van der Waals surface area contributed by atoms with Crippen LogP contribution in [-0.2, 0) is 39.2 Å². The highest BCUT2D eigenvalue weighted by atomic mass is 35.5. The molecule has 228 valence electrons. The average Bonchev–Trinajstić information content (AvgIpc) is 3.49. The van der Waals surface area contributed by atoms with Crippen LogP contribution in [0.25, 0.3) is 0 Å². The minimum Gasteiger partial charge on any atom is -0.454 e. The first-order valence-electron chi connectivity index (χ1n) is 13.9. The monoisotopic (exact) mass is 633 g/mol. The molecule has 0 unspecified atom stereocenters. The largest absolute Gasteiger partial charge is 0.454 e. The molecule has 2 amide bonds. The Hall–Kier alpha value is -4.38. The Kier molecular flexibility index (Phi) is 9.84. The summed E-state index contributed by atoms with van der Waals surface area (Å²) in [7, 11) is -3.79. The van der Waals surface area contributed by atoms with E-state index in [2.05, 4.69) is 5.32 Å². The number of halogens is 1. The molecule has 0 saturated heterocycles. The Labute approximate surface area is 262 Å². The number of fused-ring (bicyclic) bond motifs is 1. The molecule has 1 aliphatic heterocycles. The third kappa shape index (κ3) is 7.96. The van der Waals surface area contributed by atoms with E-state index in [-0.39, 0.29) is 26.4 Å². The van der Waals surface area contributed by atoms with Crippen molar-refractivity contribution in [2.45, 2.75) is 25.7 Å². The summed E-state index contributed by atoms with van der Waals surface area (Å²) in [6.45, 7) is -0.106. The zero-order valence-corrected chi connectivity index (χ0v) is 25.6. The summed E-state index contributed by atoms with van der Waals surface area (Å²) in [5.74, 6) is 0.265. The number of amides is 2. The fourth-order valence-electron chi connectivity index (χ4n) is 4.87. The number of rotatable bonds is 12. The van der Waals surface area contributed by atoms with E-state index < -0.39 is 34.4 Å². The quantitative estimate of drug-likeness (QED) is 0.238. The summed E-state index contributed by atoms with van der Waals surface area (Å²) in [6.07, 6.45) is 1.07. The zero-order chi connectivity index (χ0) is 31.1. The maximum Gasteiger partial charge on any atom is 0.247 e. The molecule has 4 aromatic carbocycles. The van der Waals surface area contributed by atoms with Gasteiger partial charge in [0, 0.05) is 24.7 Å². The molecule has 1 heterocycles. The first-order valence-corrected chi connectivity index (χ1v) is 16.1. The summed E-state index contributed by atoms with van der Waals surface area (Å²) in [4.78, 5) is 29.6. The lowest BCUT2D eigenvalue weighted by atomic mass is 10.0. The number of carbonyl (C=O) groups is 2. The molecule has 5 rings (SSSR count). The second kappa shape index (κ2) is 13.9. The molecule has 1 N–H and O–H groups in total. The predicted octanol–water partition coefficient (Wildman–Crippen LogP) is 4.92. The maximum atomic E-state index is 14.2. The minimum atomic E-state index is -3.79. The number of nitrogens with zero attached hydrogens (tertiary/aromatic N) is 2. The number of ether oxygens (including phenoxy) is 2. The molecular weight excluding hydrogens is 602 g/mol. The van der Waals surface area contributed by atoms with E-state index in [1.165, 1.54) is 4.90 Å². The Bertz CT molecular complexity index is 1700. The predicted molar refractivity (Wildman–Crippen MR) is 167 cm³/mol. The van der Waals surface area contributed by atoms with Gasteiger partial charge in [0.25, 0.3) is 0 Å². The van der Waals surface area contributed by atoms with Crippen molar-refractivity contribution in [3.63, 3.8) is 0 Å². The second-order valence-corrected chi connectivity index (χ2v) is 12.8. The summed E-state index contributed by atoms with van der Waals surface area (Å²) in [5.41, 5.74) is 2.82. The summed E-state index contributed by atoms with van der Waals surface area (Å²) in [5, 5.41) is 3.49. The molecule has 1 atom stereocenters. The van der Waals surface area contributed by atoms with Crippen molar-refractivity contribution < 1.29 is 27.5 Å². The fourth-order valence-corrected chi connectivity index (χ4v) is 5.73. The third-order valence-electron chi connectivity index (χ3n) is 7.15. The Balaban J connectivity index is 1.46. The molecule has 0 radical (unpaired) electrons. The molecule has 0 aromatic heterocycles. The van der Waals surface area contributed by atoms with Gasteiger partial charge in [0.2, 0.25) is 28.6 Å². The third-order valence-corrected chi connectivity index (χ3v) is 8.60. The molecule has 0 saturated carbocycles. The van der Waals surface area contributed by atoms with Crippen molar-refractivity contribution in [1.82, 2.24) is 14.5 Å². The van der Waals surface area contributed by atoms with Crippen LogP contribution in [0.15, 0.2) is 103 Å². The van der Waals surface area contributed by atoms with Crippen molar-refractivity contribution >= 4 is 33.4 Å². The fraction of sp³-hybridized carbons (Fsp3) is 0.212. The van der Waals surface area contributed by atoms with Crippen LogP contribution in [-0.4, -0.2) is 49.0 Å². The molecule has 0 bridgehead atoms. The summed E-state index contributed by atoms with van der Waals surface area (Å²) >= 11 is 6.12. The molecule has 9 nitrogen and oxygen atoms in total. The molecular formula is C33H32ClN3O6S. The number of nitrogens with one attached hydrogen (secondary N) is 1. The number of carbonyl (C=O) groups excluding carboxylic acids is 2. The van der Waals surface area contributed by atoms with Gasteiger partial charge in [0.15, 0.2) is 11.5 Å². The molecule has 4 aromatic rings. The lowest BCUT2D eigenvalue weighted by Gasteiger charge is -2.33. The lowest BCUT2D eigenvalue weighted by Crippen LogP contribution is -2.47. The topological polar surface area (TPSA) is 105 Å². The van der Waals surface area contributed by atoms with Crippen LogP contribution in [0.5, 0.6) is 11.5 Å². The van der Waals surface area contributed by atoms with E-state index in [0.29, 0.717) is 22.1 Å². The van der Waals surface area contributed by atoms with Crippen molar-refractivity contribution in [3.8, 4) is 11.5 Å². The van der Waals surface area contributed by atoms with Crippen LogP contribution >= 0.6 is 11.6 Å². The Morgan fingerprint density at radius 1 is 0.818 bits per heavy atom. The Morgan fingerprint density at radius 2 is 1.43 bits per heavy atom. The lowest BCUT2D eigenvalue weighted by molar-refractivity contribution is -0.141. The molecule has 0 spiro atoms. The molecule has 44 heavy (non-hydrogen) atoms. The minimum absolute atomic E-state index is 0.00646. The van der Waals surface area contributed by atoms with Gasteiger partial charge < -0.3 is 19.7 Å². The number of hydrogen-bond donors (Lipinski definition) is 1. The van der Waals surface area contributed by atoms with Crippen LogP contribution in [0.4, 0.5) is 0 Å². The highest BCUT2D eigenvalue weighted by molar-refractivity contribution is 7.88. The molecule has 0 fully saturated rings. The maximum absolute atomic E-state index is 14.2. The van der Waals surface area contributed by atoms with Crippen LogP contribution in [0.1, 0.15) is 28.3 Å². The molecule has 11 heteroatoms. The van der Waals surface area contributed by atoms with Gasteiger partial charge in [-0.1, -0.05) is 90.5 Å². The summed E-state index contributed by atoms with van der Waals surface area (Å²) in [6, 6.07) is 29.3. The van der Waals surface area contributed by atoms with Gasteiger partial charge in [-0.3, -0.25) is 9.59 Å². The first-order chi connectivity index (χ1) is 21.2. The van der Waals surface area contributed by atoms with E-state index in [1.54, 1.807) is 84.9 Å². The highest BCUT2D eigenvalue weighted by Crippen LogP contribution is 2.32. The SMILES string of the molecule is CS(=O)(=O)N(CC(=O)N(Cc1ccc(Cl)cc1)[C@H](C(=O)NCc1ccc2c(c1)OCO2)c1ccccc1)Cc1ccccc1. The number of benzene rings is 4. The zero-order valence-electron chi connectivity index (χ0n) is 24.1. The van der Waals surface area contributed by atoms with Crippen LogP contribution in [0.3, 0.4) is 0 Å². The standard InChI is InChI=1S/C33H32ClN3O6S/c1-44(40,41)36(20-24-8-4-2-5-9-24)22-31(38)37(21-25-12-15-28(34)16-13-25)32(27-10-6-3-7-11-27)33(39)35-19-26-14-17-29-30(18-26)43-23-42-29/h2-18,32H,19-23H2,1H3,(H,35,39)/t32-/m0/s1. The second-order valence-electron chi connectivity index (χ2n) is 10.4. The van der Waals surface area contributed by atoms with Crippen molar-refractivity contribution in [1.29, 1.82) is 0 Å². The van der Waals surface area contributed by atoms with Gasteiger partial charge in [-0.05, 0) is 46.5 Å². The van der Waals surface area contributed by atoms with Crippen molar-refractivity contribution in [2.24, 2.45) is 0 Å². The van der Waals surface area contributed by atoms with Gasteiger partial charge in [-0.25, -0.2) is 8.42 Å². The summed E-state index contributed by atoms with van der Waals surface area (Å²) < 4.78 is 37.7. The van der Waals surface area contributed by atoms with Gasteiger partial charge >= 0.3 is 0 Å². The van der Waals surface area contributed by atoms with E-state index in [9.17, 15) is 18.0 Å². The van der Waals surface area contributed by atoms with Gasteiger partial charge in [0.05, 0.1) is 12.8 Å². The smallest absolute Gasteiger partial charge is 0.247 e. The Morgan fingerprint density at radius 3 is 2.11 bits per heavy atom. The van der Waals surface area contributed by atoms with Crippen LogP contribution in [0.2, 0.25) is 5.02 Å². The normalized spacial score (nSPS) is 13.0. The van der Waals surface area contributed by atoms with E-state index in [4.69, 9.17) is 21.1 Å². The van der Waals surface area contributed by atoms with Crippen LogP contribution < -0.4 is 14.8 Å². The van der Waals surface area contributed by atoms with Gasteiger partial charge in [0.1, 0.15) is 6.04 Å². The van der Waals surface area contributed by atoms with Crippen molar-refractivity contribution in [3.05, 3.63) is 130 Å². The number of hydrogen-bond acceptors (Lipinski definition) is 6. The van der Waals surface area contributed by atoms with E-state index >= 15 is 0 Å². The van der Waals surface area contributed by atoms with E-state index in [1.807, 2.05) is 18.2 Å². The average molecular weight is 634 g/mol. The molecule has 1 aliphatic rings.